The standard InChI is InChI=1S/C21H32N2O5.2C2H6O.2H2/c1-5-27-18(24)12-9-15-22-19(25)17(23-20(26)28-21(2,3)4)14-13-16-10-7-6-8-11-16;2*1-2-3;;/h6-8,10-11,17H,5,9,12-15H2,1-4H3,(H,22,25)(H,23,26);2*3H,2H2,1H3;2*1H/t17-;;;;/m0..../s1. The van der Waals surface area contributed by atoms with Crippen LogP contribution in [0.15, 0.2) is 30.3 Å². The van der Waals surface area contributed by atoms with Crippen LogP contribution in [-0.4, -0.2) is 66.2 Å². The van der Waals surface area contributed by atoms with Crippen molar-refractivity contribution in [2.45, 2.75) is 78.9 Å². The predicted octanol–water partition coefficient (Wildman–Crippen LogP) is 3.46. The molecular weight excluding hydrogens is 440 g/mol. The van der Waals surface area contributed by atoms with Gasteiger partial charge in [-0.25, -0.2) is 4.79 Å². The topological polar surface area (TPSA) is 134 Å². The first-order valence-corrected chi connectivity index (χ1v) is 11.7. The number of carbonyl (C=O) groups excluding carboxylic acids is 3. The molecule has 9 heteroatoms. The molecule has 0 heterocycles. The molecule has 9 nitrogen and oxygen atoms in total. The van der Waals surface area contributed by atoms with Gasteiger partial charge in [0.2, 0.25) is 5.91 Å². The number of esters is 1. The molecule has 2 amide bonds. The van der Waals surface area contributed by atoms with Gasteiger partial charge in [-0.15, -0.1) is 0 Å². The average molecular weight is 489 g/mol. The van der Waals surface area contributed by atoms with Gasteiger partial charge in [0.15, 0.2) is 0 Å². The fraction of sp³-hybridized carbons (Fsp3) is 0.640. The molecule has 0 radical (unpaired) electrons. The summed E-state index contributed by atoms with van der Waals surface area (Å²) < 4.78 is 10.1. The average Bonchev–Trinajstić information content (AvgIpc) is 2.75. The summed E-state index contributed by atoms with van der Waals surface area (Å²) in [4.78, 5) is 36.0. The Hall–Kier alpha value is -2.65. The Labute approximate surface area is 207 Å². The lowest BCUT2D eigenvalue weighted by Crippen LogP contribution is -2.48. The van der Waals surface area contributed by atoms with E-state index >= 15 is 0 Å². The Morgan fingerprint density at radius 3 is 2.09 bits per heavy atom. The fourth-order valence-electron chi connectivity index (χ4n) is 2.47. The number of nitrogens with one attached hydrogen (secondary N) is 2. The molecule has 1 aromatic rings. The van der Waals surface area contributed by atoms with Crippen molar-refractivity contribution in [3.8, 4) is 0 Å². The van der Waals surface area contributed by atoms with E-state index in [-0.39, 0.29) is 34.4 Å². The fourth-order valence-corrected chi connectivity index (χ4v) is 2.47. The summed E-state index contributed by atoms with van der Waals surface area (Å²) in [6, 6.07) is 9.01. The maximum Gasteiger partial charge on any atom is 0.408 e. The molecular formula is C25H48N2O7. The maximum absolute atomic E-state index is 12.5. The summed E-state index contributed by atoms with van der Waals surface area (Å²) >= 11 is 0. The largest absolute Gasteiger partial charge is 0.466 e. The summed E-state index contributed by atoms with van der Waals surface area (Å²) in [5.74, 6) is -0.588. The number of benzene rings is 1. The first kappa shape index (κ1) is 33.5. The summed E-state index contributed by atoms with van der Waals surface area (Å²) in [6.45, 7) is 11.6. The molecule has 0 aliphatic heterocycles. The van der Waals surface area contributed by atoms with Crippen LogP contribution in [0.3, 0.4) is 0 Å². The normalized spacial score (nSPS) is 10.9. The van der Waals surface area contributed by atoms with E-state index in [1.807, 2.05) is 30.3 Å². The first-order chi connectivity index (χ1) is 16.0. The molecule has 0 saturated heterocycles. The third-order valence-corrected chi connectivity index (χ3v) is 3.73. The van der Waals surface area contributed by atoms with Gasteiger partial charge in [-0.05, 0) is 66.4 Å². The van der Waals surface area contributed by atoms with Crippen LogP contribution in [0.2, 0.25) is 0 Å². The van der Waals surface area contributed by atoms with Crippen LogP contribution in [0.4, 0.5) is 4.79 Å². The zero-order valence-electron chi connectivity index (χ0n) is 21.6. The van der Waals surface area contributed by atoms with E-state index in [4.69, 9.17) is 19.7 Å². The summed E-state index contributed by atoms with van der Waals surface area (Å²) in [6.07, 6.45) is 1.15. The van der Waals surface area contributed by atoms with Crippen molar-refractivity contribution in [3.05, 3.63) is 35.9 Å². The number of hydrogen-bond donors (Lipinski definition) is 4. The number of hydrogen-bond acceptors (Lipinski definition) is 7. The van der Waals surface area contributed by atoms with Crippen molar-refractivity contribution in [2.75, 3.05) is 26.4 Å². The van der Waals surface area contributed by atoms with E-state index in [0.717, 1.165) is 5.56 Å². The van der Waals surface area contributed by atoms with Crippen molar-refractivity contribution >= 4 is 18.0 Å². The van der Waals surface area contributed by atoms with Crippen LogP contribution in [0.5, 0.6) is 0 Å². The van der Waals surface area contributed by atoms with Gasteiger partial charge < -0.3 is 30.3 Å². The third kappa shape index (κ3) is 21.2. The van der Waals surface area contributed by atoms with Crippen molar-refractivity contribution in [3.63, 3.8) is 0 Å². The minimum absolute atomic E-state index is 0. The summed E-state index contributed by atoms with van der Waals surface area (Å²) in [5.41, 5.74) is 0.429. The van der Waals surface area contributed by atoms with Crippen LogP contribution in [0.25, 0.3) is 0 Å². The van der Waals surface area contributed by atoms with Crippen molar-refractivity contribution < 1.29 is 36.9 Å². The number of ether oxygens (including phenoxy) is 2. The Bertz CT molecular complexity index is 670. The second kappa shape index (κ2) is 20.9. The van der Waals surface area contributed by atoms with E-state index in [0.29, 0.717) is 32.4 Å². The van der Waals surface area contributed by atoms with Crippen LogP contribution < -0.4 is 10.6 Å². The quantitative estimate of drug-likeness (QED) is 0.293. The van der Waals surface area contributed by atoms with Gasteiger partial charge in [-0.1, -0.05) is 30.3 Å². The van der Waals surface area contributed by atoms with Crippen LogP contribution in [-0.2, 0) is 25.5 Å². The molecule has 4 N–H and O–H groups in total. The van der Waals surface area contributed by atoms with Gasteiger partial charge in [0.05, 0.1) is 6.61 Å². The van der Waals surface area contributed by atoms with E-state index in [1.54, 1.807) is 41.5 Å². The molecule has 0 fully saturated rings. The second-order valence-corrected chi connectivity index (χ2v) is 8.06. The lowest BCUT2D eigenvalue weighted by Gasteiger charge is -2.23. The van der Waals surface area contributed by atoms with E-state index in [1.165, 1.54) is 0 Å². The highest BCUT2D eigenvalue weighted by atomic mass is 16.6. The molecule has 0 saturated carbocycles. The molecule has 0 unspecified atom stereocenters. The van der Waals surface area contributed by atoms with Crippen LogP contribution >= 0.6 is 0 Å². The van der Waals surface area contributed by atoms with E-state index < -0.39 is 17.7 Å². The van der Waals surface area contributed by atoms with Gasteiger partial charge in [0, 0.05) is 29.0 Å². The lowest BCUT2D eigenvalue weighted by molar-refractivity contribution is -0.143. The molecule has 1 aromatic carbocycles. The zero-order chi connectivity index (χ0) is 26.4. The summed E-state index contributed by atoms with van der Waals surface area (Å²) in [7, 11) is 0. The van der Waals surface area contributed by atoms with Crippen LogP contribution in [0, 0.1) is 0 Å². The van der Waals surface area contributed by atoms with Crippen molar-refractivity contribution in [1.82, 2.24) is 10.6 Å². The van der Waals surface area contributed by atoms with E-state index in [2.05, 4.69) is 10.6 Å². The lowest BCUT2D eigenvalue weighted by atomic mass is 10.0. The van der Waals surface area contributed by atoms with Gasteiger partial charge in [-0.3, -0.25) is 9.59 Å². The molecule has 0 bridgehead atoms. The minimum Gasteiger partial charge on any atom is -0.466 e. The highest BCUT2D eigenvalue weighted by Crippen LogP contribution is 2.09. The van der Waals surface area contributed by atoms with Crippen molar-refractivity contribution in [1.29, 1.82) is 0 Å². The SMILES string of the molecule is CCO.CCO.CCOC(=O)CCCNC(=O)[C@H](CCc1ccccc1)NC(=O)OC(C)(C)C.[HH].[HH]. The molecule has 0 spiro atoms. The van der Waals surface area contributed by atoms with Gasteiger partial charge in [-0.2, -0.15) is 0 Å². The zero-order valence-corrected chi connectivity index (χ0v) is 21.6. The molecule has 1 atom stereocenters. The highest BCUT2D eigenvalue weighted by Gasteiger charge is 2.24. The van der Waals surface area contributed by atoms with Gasteiger partial charge >= 0.3 is 12.1 Å². The Morgan fingerprint density at radius 1 is 1.03 bits per heavy atom. The Balaban J connectivity index is -0.000000579. The van der Waals surface area contributed by atoms with E-state index in [9.17, 15) is 14.4 Å². The third-order valence-electron chi connectivity index (χ3n) is 3.73. The highest BCUT2D eigenvalue weighted by molar-refractivity contribution is 5.85. The molecule has 1 rings (SSSR count). The molecule has 0 aliphatic rings. The monoisotopic (exact) mass is 488 g/mol. The second-order valence-electron chi connectivity index (χ2n) is 8.06. The smallest absolute Gasteiger partial charge is 0.408 e. The molecule has 0 aromatic heterocycles. The summed E-state index contributed by atoms with van der Waals surface area (Å²) in [5, 5.41) is 20.6. The number of aliphatic hydroxyl groups is 2. The number of aryl methyl sites for hydroxylation is 1. The Morgan fingerprint density at radius 2 is 1.59 bits per heavy atom. The van der Waals surface area contributed by atoms with Crippen molar-refractivity contribution in [2.24, 2.45) is 0 Å². The minimum atomic E-state index is -0.724. The number of carbonyl (C=O) groups is 3. The molecule has 0 aliphatic carbocycles. The number of alkyl carbamates (subject to hydrolysis) is 1. The predicted molar refractivity (Wildman–Crippen MR) is 137 cm³/mol. The number of amides is 2. The Kier molecular flexibility index (Phi) is 20.6. The number of rotatable bonds is 10. The molecule has 200 valence electrons. The van der Waals surface area contributed by atoms with Gasteiger partial charge in [0.1, 0.15) is 11.6 Å². The first-order valence-electron chi connectivity index (χ1n) is 11.7. The molecule has 34 heavy (non-hydrogen) atoms. The number of aliphatic hydroxyl groups excluding tert-OH is 2. The van der Waals surface area contributed by atoms with Gasteiger partial charge in [0.25, 0.3) is 0 Å². The maximum atomic E-state index is 12.5. The van der Waals surface area contributed by atoms with Crippen LogP contribution in [0.1, 0.15) is 69.2 Å².